The van der Waals surface area contributed by atoms with Crippen molar-refractivity contribution in [3.8, 4) is 11.5 Å². The standard InChI is InChI=1S/C17H21NO2/c1-14-3-5-15(6-4-14)13-20-17-9-7-16(8-10-17)19-12-2-11-18/h3-10H,2,11-13,18H2,1H3. The van der Waals surface area contributed by atoms with Crippen LogP contribution >= 0.6 is 0 Å². The van der Waals surface area contributed by atoms with Gasteiger partial charge in [-0.25, -0.2) is 0 Å². The lowest BCUT2D eigenvalue weighted by Crippen LogP contribution is -2.06. The first kappa shape index (κ1) is 14.4. The monoisotopic (exact) mass is 271 g/mol. The number of hydrogen-bond donors (Lipinski definition) is 1. The second-order valence-corrected chi connectivity index (χ2v) is 4.74. The molecular formula is C17H21NO2. The molecule has 0 radical (unpaired) electrons. The van der Waals surface area contributed by atoms with Gasteiger partial charge in [-0.1, -0.05) is 29.8 Å². The van der Waals surface area contributed by atoms with Crippen LogP contribution in [-0.4, -0.2) is 13.2 Å². The van der Waals surface area contributed by atoms with E-state index in [-0.39, 0.29) is 0 Å². The van der Waals surface area contributed by atoms with Gasteiger partial charge < -0.3 is 15.2 Å². The molecule has 3 heteroatoms. The minimum absolute atomic E-state index is 0.577. The van der Waals surface area contributed by atoms with Crippen molar-refractivity contribution in [3.05, 3.63) is 59.7 Å². The zero-order chi connectivity index (χ0) is 14.2. The van der Waals surface area contributed by atoms with Crippen LogP contribution in [0.5, 0.6) is 11.5 Å². The third-order valence-corrected chi connectivity index (χ3v) is 2.97. The summed E-state index contributed by atoms with van der Waals surface area (Å²) in [6.45, 7) is 3.96. The molecule has 20 heavy (non-hydrogen) atoms. The second kappa shape index (κ2) is 7.56. The molecule has 0 aliphatic rings. The van der Waals surface area contributed by atoms with Gasteiger partial charge in [-0.05, 0) is 49.7 Å². The third-order valence-electron chi connectivity index (χ3n) is 2.97. The summed E-state index contributed by atoms with van der Waals surface area (Å²) >= 11 is 0. The van der Waals surface area contributed by atoms with Gasteiger partial charge in [0.1, 0.15) is 18.1 Å². The molecule has 0 saturated carbocycles. The van der Waals surface area contributed by atoms with Gasteiger partial charge >= 0.3 is 0 Å². The molecule has 106 valence electrons. The first-order valence-corrected chi connectivity index (χ1v) is 6.89. The SMILES string of the molecule is Cc1ccc(COc2ccc(OCCCN)cc2)cc1. The van der Waals surface area contributed by atoms with Gasteiger partial charge in [-0.15, -0.1) is 0 Å². The van der Waals surface area contributed by atoms with Gasteiger partial charge in [0, 0.05) is 0 Å². The lowest BCUT2D eigenvalue weighted by molar-refractivity contribution is 0.300. The van der Waals surface area contributed by atoms with Crippen LogP contribution in [0.15, 0.2) is 48.5 Å². The molecule has 0 fully saturated rings. The van der Waals surface area contributed by atoms with Gasteiger partial charge in [0.05, 0.1) is 6.61 Å². The predicted octanol–water partition coefficient (Wildman–Crippen LogP) is 3.30. The summed E-state index contributed by atoms with van der Waals surface area (Å²) in [5.41, 5.74) is 7.84. The molecular weight excluding hydrogens is 250 g/mol. The molecule has 0 aliphatic carbocycles. The van der Waals surface area contributed by atoms with Crippen molar-refractivity contribution >= 4 is 0 Å². The van der Waals surface area contributed by atoms with E-state index in [9.17, 15) is 0 Å². The molecule has 2 aromatic carbocycles. The van der Waals surface area contributed by atoms with Crippen molar-refractivity contribution in [2.24, 2.45) is 5.73 Å². The van der Waals surface area contributed by atoms with E-state index in [0.717, 1.165) is 17.9 Å². The third kappa shape index (κ3) is 4.59. The van der Waals surface area contributed by atoms with Crippen molar-refractivity contribution in [3.63, 3.8) is 0 Å². The van der Waals surface area contributed by atoms with Crippen molar-refractivity contribution in [2.45, 2.75) is 20.0 Å². The highest BCUT2D eigenvalue weighted by molar-refractivity contribution is 5.31. The van der Waals surface area contributed by atoms with Crippen LogP contribution in [0.1, 0.15) is 17.5 Å². The largest absolute Gasteiger partial charge is 0.494 e. The van der Waals surface area contributed by atoms with E-state index in [1.54, 1.807) is 0 Å². The van der Waals surface area contributed by atoms with Crippen LogP contribution in [0.3, 0.4) is 0 Å². The number of nitrogens with two attached hydrogens (primary N) is 1. The Balaban J connectivity index is 1.82. The van der Waals surface area contributed by atoms with E-state index in [4.69, 9.17) is 15.2 Å². The van der Waals surface area contributed by atoms with E-state index in [1.165, 1.54) is 11.1 Å². The quantitative estimate of drug-likeness (QED) is 0.786. The van der Waals surface area contributed by atoms with E-state index in [1.807, 2.05) is 24.3 Å². The fourth-order valence-corrected chi connectivity index (χ4v) is 1.76. The summed E-state index contributed by atoms with van der Waals surface area (Å²) < 4.78 is 11.3. The normalized spacial score (nSPS) is 10.3. The second-order valence-electron chi connectivity index (χ2n) is 4.74. The summed E-state index contributed by atoms with van der Waals surface area (Å²) in [7, 11) is 0. The average Bonchev–Trinajstić information content (AvgIpc) is 2.48. The van der Waals surface area contributed by atoms with Crippen LogP contribution in [0.4, 0.5) is 0 Å². The number of hydrogen-bond acceptors (Lipinski definition) is 3. The van der Waals surface area contributed by atoms with Gasteiger partial charge in [-0.2, -0.15) is 0 Å². The highest BCUT2D eigenvalue weighted by atomic mass is 16.5. The Bertz CT molecular complexity index is 506. The fourth-order valence-electron chi connectivity index (χ4n) is 1.76. The molecule has 2 aromatic rings. The summed E-state index contributed by atoms with van der Waals surface area (Å²) in [5, 5.41) is 0. The van der Waals surface area contributed by atoms with E-state index < -0.39 is 0 Å². The molecule has 0 heterocycles. The lowest BCUT2D eigenvalue weighted by Gasteiger charge is -2.08. The van der Waals surface area contributed by atoms with Gasteiger partial charge in [-0.3, -0.25) is 0 Å². The topological polar surface area (TPSA) is 44.5 Å². The molecule has 0 amide bonds. The minimum Gasteiger partial charge on any atom is -0.494 e. The maximum Gasteiger partial charge on any atom is 0.120 e. The van der Waals surface area contributed by atoms with E-state index >= 15 is 0 Å². The highest BCUT2D eigenvalue weighted by Gasteiger charge is 1.98. The minimum atomic E-state index is 0.577. The molecule has 3 nitrogen and oxygen atoms in total. The van der Waals surface area contributed by atoms with Crippen LogP contribution in [-0.2, 0) is 6.61 Å². The first-order valence-electron chi connectivity index (χ1n) is 6.89. The lowest BCUT2D eigenvalue weighted by atomic mass is 10.2. The molecule has 0 atom stereocenters. The smallest absolute Gasteiger partial charge is 0.120 e. The highest BCUT2D eigenvalue weighted by Crippen LogP contribution is 2.18. The Morgan fingerprint density at radius 1 is 0.850 bits per heavy atom. The fraction of sp³-hybridized carbons (Fsp3) is 0.294. The summed E-state index contributed by atoms with van der Waals surface area (Å²) in [5.74, 6) is 1.69. The van der Waals surface area contributed by atoms with Gasteiger partial charge in [0.15, 0.2) is 0 Å². The Labute approximate surface area is 120 Å². The van der Waals surface area contributed by atoms with Gasteiger partial charge in [0.25, 0.3) is 0 Å². The molecule has 0 bridgehead atoms. The number of ether oxygens (including phenoxy) is 2. The summed E-state index contributed by atoms with van der Waals surface area (Å²) in [6, 6.07) is 16.0. The number of rotatable bonds is 7. The van der Waals surface area contributed by atoms with Crippen LogP contribution in [0.2, 0.25) is 0 Å². The first-order chi connectivity index (χ1) is 9.78. The molecule has 0 spiro atoms. The van der Waals surface area contributed by atoms with Gasteiger partial charge in [0.2, 0.25) is 0 Å². The van der Waals surface area contributed by atoms with Crippen molar-refractivity contribution < 1.29 is 9.47 Å². The molecule has 0 aliphatic heterocycles. The van der Waals surface area contributed by atoms with Crippen molar-refractivity contribution in [1.82, 2.24) is 0 Å². The maximum absolute atomic E-state index is 5.74. The maximum atomic E-state index is 5.74. The van der Waals surface area contributed by atoms with E-state index in [2.05, 4.69) is 31.2 Å². The Kier molecular flexibility index (Phi) is 5.44. The Morgan fingerprint density at radius 2 is 1.45 bits per heavy atom. The molecule has 2 rings (SSSR count). The summed E-state index contributed by atoms with van der Waals surface area (Å²) in [4.78, 5) is 0. The van der Waals surface area contributed by atoms with Crippen LogP contribution in [0, 0.1) is 6.92 Å². The van der Waals surface area contributed by atoms with Crippen molar-refractivity contribution in [1.29, 1.82) is 0 Å². The molecule has 0 aromatic heterocycles. The average molecular weight is 271 g/mol. The van der Waals surface area contributed by atoms with Crippen LogP contribution in [0.25, 0.3) is 0 Å². The number of benzene rings is 2. The molecule has 0 unspecified atom stereocenters. The molecule has 2 N–H and O–H groups in total. The predicted molar refractivity (Wildman–Crippen MR) is 81.1 cm³/mol. The van der Waals surface area contributed by atoms with Crippen LogP contribution < -0.4 is 15.2 Å². The molecule has 0 saturated heterocycles. The Morgan fingerprint density at radius 3 is 2.05 bits per heavy atom. The van der Waals surface area contributed by atoms with E-state index in [0.29, 0.717) is 19.8 Å². The Hall–Kier alpha value is -2.00. The zero-order valence-corrected chi connectivity index (χ0v) is 11.8. The summed E-state index contributed by atoms with van der Waals surface area (Å²) in [6.07, 6.45) is 0.867. The zero-order valence-electron chi connectivity index (χ0n) is 11.8. The number of aryl methyl sites for hydroxylation is 1. The van der Waals surface area contributed by atoms with Crippen molar-refractivity contribution in [2.75, 3.05) is 13.2 Å².